The van der Waals surface area contributed by atoms with E-state index in [0.29, 0.717) is 5.69 Å². The average molecular weight is 287 g/mol. The van der Waals surface area contributed by atoms with E-state index in [9.17, 15) is 4.79 Å². The van der Waals surface area contributed by atoms with Gasteiger partial charge in [0, 0.05) is 23.5 Å². The fourth-order valence-electron chi connectivity index (χ4n) is 2.33. The molecule has 0 bridgehead atoms. The molecule has 104 valence electrons. The number of thiazole rings is 1. The van der Waals surface area contributed by atoms with Crippen molar-refractivity contribution in [2.75, 3.05) is 13.1 Å². The molecule has 1 amide bonds. The van der Waals surface area contributed by atoms with Crippen LogP contribution < -0.4 is 10.6 Å². The van der Waals surface area contributed by atoms with Crippen LogP contribution in [0.25, 0.3) is 10.6 Å². The third-order valence-corrected chi connectivity index (χ3v) is 4.28. The van der Waals surface area contributed by atoms with Crippen LogP contribution >= 0.6 is 11.3 Å². The van der Waals surface area contributed by atoms with Gasteiger partial charge in [0.1, 0.15) is 10.7 Å². The monoisotopic (exact) mass is 287 g/mol. The van der Waals surface area contributed by atoms with Crippen molar-refractivity contribution >= 4 is 17.2 Å². The Morgan fingerprint density at radius 2 is 2.20 bits per heavy atom. The van der Waals surface area contributed by atoms with E-state index < -0.39 is 0 Å². The maximum atomic E-state index is 12.2. The summed E-state index contributed by atoms with van der Waals surface area (Å²) in [6.45, 7) is 1.89. The number of carbonyl (C=O) groups excluding carboxylic acids is 1. The topological polar surface area (TPSA) is 54.0 Å². The predicted molar refractivity (Wildman–Crippen MR) is 80.9 cm³/mol. The van der Waals surface area contributed by atoms with Crippen molar-refractivity contribution in [1.29, 1.82) is 0 Å². The molecule has 0 spiro atoms. The van der Waals surface area contributed by atoms with Crippen molar-refractivity contribution < 1.29 is 4.79 Å². The van der Waals surface area contributed by atoms with E-state index in [1.54, 1.807) is 0 Å². The van der Waals surface area contributed by atoms with Gasteiger partial charge in [-0.25, -0.2) is 4.98 Å². The first-order valence-electron chi connectivity index (χ1n) is 6.85. The molecule has 1 aliphatic rings. The number of nitrogens with one attached hydrogen (secondary N) is 2. The highest BCUT2D eigenvalue weighted by molar-refractivity contribution is 7.13. The fourth-order valence-corrected chi connectivity index (χ4v) is 3.13. The smallest absolute Gasteiger partial charge is 0.271 e. The summed E-state index contributed by atoms with van der Waals surface area (Å²) < 4.78 is 0. The summed E-state index contributed by atoms with van der Waals surface area (Å²) in [6, 6.07) is 10.2. The van der Waals surface area contributed by atoms with Crippen LogP contribution in [0, 0.1) is 0 Å². The van der Waals surface area contributed by atoms with E-state index in [1.165, 1.54) is 11.3 Å². The van der Waals surface area contributed by atoms with Crippen LogP contribution in [0.3, 0.4) is 0 Å². The number of benzene rings is 1. The Balaban J connectivity index is 1.68. The lowest BCUT2D eigenvalue weighted by Gasteiger charge is -2.23. The maximum Gasteiger partial charge on any atom is 0.271 e. The first-order chi connectivity index (χ1) is 9.83. The van der Waals surface area contributed by atoms with Crippen LogP contribution in [0.5, 0.6) is 0 Å². The van der Waals surface area contributed by atoms with Gasteiger partial charge in [-0.15, -0.1) is 11.3 Å². The van der Waals surface area contributed by atoms with Gasteiger partial charge < -0.3 is 10.6 Å². The van der Waals surface area contributed by atoms with Crippen LogP contribution in [-0.4, -0.2) is 30.0 Å². The molecule has 1 unspecified atom stereocenters. The largest absolute Gasteiger partial charge is 0.347 e. The van der Waals surface area contributed by atoms with Crippen LogP contribution in [0.1, 0.15) is 23.3 Å². The van der Waals surface area contributed by atoms with Gasteiger partial charge >= 0.3 is 0 Å². The maximum absolute atomic E-state index is 12.2. The summed E-state index contributed by atoms with van der Waals surface area (Å²) in [7, 11) is 0. The Bertz CT molecular complexity index is 576. The number of carbonyl (C=O) groups is 1. The molecule has 1 fully saturated rings. The lowest BCUT2D eigenvalue weighted by Crippen LogP contribution is -2.45. The predicted octanol–water partition coefficient (Wildman–Crippen LogP) is 2.29. The molecule has 1 aliphatic heterocycles. The Morgan fingerprint density at radius 1 is 1.35 bits per heavy atom. The number of amides is 1. The number of hydrogen-bond donors (Lipinski definition) is 2. The Kier molecular flexibility index (Phi) is 4.08. The van der Waals surface area contributed by atoms with Crippen molar-refractivity contribution in [3.05, 3.63) is 41.4 Å². The zero-order chi connectivity index (χ0) is 13.8. The van der Waals surface area contributed by atoms with E-state index in [4.69, 9.17) is 0 Å². The van der Waals surface area contributed by atoms with Crippen LogP contribution in [0.15, 0.2) is 35.7 Å². The highest BCUT2D eigenvalue weighted by atomic mass is 32.1. The standard InChI is InChI=1S/C15H17N3OS/c19-14(17-12-7-4-8-16-9-12)13-10-20-15(18-13)11-5-2-1-3-6-11/h1-3,5-6,10,12,16H,4,7-9H2,(H,17,19). The van der Waals surface area contributed by atoms with Crippen molar-refractivity contribution in [2.24, 2.45) is 0 Å². The van der Waals surface area contributed by atoms with Crippen molar-refractivity contribution in [1.82, 2.24) is 15.6 Å². The van der Waals surface area contributed by atoms with E-state index in [0.717, 1.165) is 36.5 Å². The van der Waals surface area contributed by atoms with Gasteiger partial charge in [-0.3, -0.25) is 4.79 Å². The van der Waals surface area contributed by atoms with Gasteiger partial charge in [-0.1, -0.05) is 30.3 Å². The van der Waals surface area contributed by atoms with Gasteiger partial charge in [-0.05, 0) is 19.4 Å². The fraction of sp³-hybridized carbons (Fsp3) is 0.333. The molecule has 0 radical (unpaired) electrons. The van der Waals surface area contributed by atoms with Crippen molar-refractivity contribution in [3.8, 4) is 10.6 Å². The van der Waals surface area contributed by atoms with Crippen molar-refractivity contribution in [3.63, 3.8) is 0 Å². The molecule has 3 rings (SSSR count). The minimum absolute atomic E-state index is 0.0721. The quantitative estimate of drug-likeness (QED) is 0.910. The van der Waals surface area contributed by atoms with E-state index in [1.807, 2.05) is 35.7 Å². The second-order valence-corrected chi connectivity index (χ2v) is 5.78. The SMILES string of the molecule is O=C(NC1CCCNC1)c1csc(-c2ccccc2)n1. The average Bonchev–Trinajstić information content (AvgIpc) is 2.99. The number of piperidine rings is 1. The molecule has 5 heteroatoms. The van der Waals surface area contributed by atoms with Gasteiger partial charge in [-0.2, -0.15) is 0 Å². The first kappa shape index (κ1) is 13.3. The number of rotatable bonds is 3. The molecule has 1 atom stereocenters. The Morgan fingerprint density at radius 3 is 2.95 bits per heavy atom. The zero-order valence-electron chi connectivity index (χ0n) is 11.1. The summed E-state index contributed by atoms with van der Waals surface area (Å²) >= 11 is 1.51. The highest BCUT2D eigenvalue weighted by Crippen LogP contribution is 2.23. The first-order valence-corrected chi connectivity index (χ1v) is 7.73. The summed E-state index contributed by atoms with van der Waals surface area (Å²) in [5.41, 5.74) is 1.57. The van der Waals surface area contributed by atoms with Crippen LogP contribution in [-0.2, 0) is 0 Å². The van der Waals surface area contributed by atoms with Gasteiger partial charge in [0.25, 0.3) is 5.91 Å². The third kappa shape index (κ3) is 3.05. The normalized spacial score (nSPS) is 18.7. The Labute approximate surface area is 122 Å². The van der Waals surface area contributed by atoms with Gasteiger partial charge in [0.15, 0.2) is 0 Å². The second kappa shape index (κ2) is 6.15. The molecular weight excluding hydrogens is 270 g/mol. The molecule has 20 heavy (non-hydrogen) atoms. The zero-order valence-corrected chi connectivity index (χ0v) is 12.0. The lowest BCUT2D eigenvalue weighted by atomic mass is 10.1. The van der Waals surface area contributed by atoms with Crippen molar-refractivity contribution in [2.45, 2.75) is 18.9 Å². The summed E-state index contributed by atoms with van der Waals surface area (Å²) in [6.07, 6.45) is 2.14. The summed E-state index contributed by atoms with van der Waals surface area (Å²) in [5, 5.41) is 9.05. The molecule has 1 aromatic heterocycles. The molecular formula is C15H17N3OS. The summed E-state index contributed by atoms with van der Waals surface area (Å²) in [4.78, 5) is 16.6. The number of hydrogen-bond acceptors (Lipinski definition) is 4. The third-order valence-electron chi connectivity index (χ3n) is 3.39. The Hall–Kier alpha value is -1.72. The molecule has 0 saturated carbocycles. The minimum Gasteiger partial charge on any atom is -0.347 e. The molecule has 2 aromatic rings. The highest BCUT2D eigenvalue weighted by Gasteiger charge is 2.18. The lowest BCUT2D eigenvalue weighted by molar-refractivity contribution is 0.0926. The molecule has 0 aliphatic carbocycles. The van der Waals surface area contributed by atoms with Crippen LogP contribution in [0.4, 0.5) is 0 Å². The molecule has 4 nitrogen and oxygen atoms in total. The summed E-state index contributed by atoms with van der Waals surface area (Å²) in [5.74, 6) is -0.0721. The molecule has 2 N–H and O–H groups in total. The van der Waals surface area contributed by atoms with Gasteiger partial charge in [0.05, 0.1) is 0 Å². The van der Waals surface area contributed by atoms with E-state index in [-0.39, 0.29) is 11.9 Å². The molecule has 2 heterocycles. The molecule has 1 saturated heterocycles. The van der Waals surface area contributed by atoms with Crippen LogP contribution in [0.2, 0.25) is 0 Å². The number of nitrogens with zero attached hydrogens (tertiary/aromatic N) is 1. The second-order valence-electron chi connectivity index (χ2n) is 4.92. The van der Waals surface area contributed by atoms with E-state index >= 15 is 0 Å². The van der Waals surface area contributed by atoms with E-state index in [2.05, 4.69) is 15.6 Å². The number of aromatic nitrogens is 1. The molecule has 1 aromatic carbocycles. The minimum atomic E-state index is -0.0721. The van der Waals surface area contributed by atoms with Gasteiger partial charge in [0.2, 0.25) is 0 Å².